The Bertz CT molecular complexity index is 398. The predicted octanol–water partition coefficient (Wildman–Crippen LogP) is 2.23. The summed E-state index contributed by atoms with van der Waals surface area (Å²) < 4.78 is 38.6. The second kappa shape index (κ2) is 2.58. The molecular weight excluding hydrogens is 181 g/mol. The molecule has 0 spiro atoms. The Morgan fingerprint density at radius 1 is 1.08 bits per heavy atom. The summed E-state index contributed by atoms with van der Waals surface area (Å²) in [5.41, 5.74) is -0.401. The van der Waals surface area contributed by atoms with E-state index in [9.17, 15) is 18.0 Å². The van der Waals surface area contributed by atoms with E-state index in [-0.39, 0.29) is 24.0 Å². The summed E-state index contributed by atoms with van der Waals surface area (Å²) in [5, 5.41) is 0. The maximum atomic E-state index is 13.0. The fraction of sp³-hybridized carbons (Fsp3) is 0.222. The first-order chi connectivity index (χ1) is 6.11. The number of ketones is 1. The number of Topliss-reactive ketones (excluding diaryl/α,β-unsaturated/α-hetero) is 1. The van der Waals surface area contributed by atoms with E-state index in [2.05, 4.69) is 0 Å². The van der Waals surface area contributed by atoms with E-state index in [0.29, 0.717) is 6.07 Å². The predicted molar refractivity (Wildman–Crippen MR) is 39.0 cm³/mol. The van der Waals surface area contributed by atoms with Gasteiger partial charge in [-0.2, -0.15) is 0 Å². The molecule has 0 fully saturated rings. The third kappa shape index (κ3) is 1.05. The zero-order valence-electron chi connectivity index (χ0n) is 6.53. The van der Waals surface area contributed by atoms with Gasteiger partial charge in [-0.05, 0) is 6.42 Å². The Hall–Kier alpha value is -1.32. The van der Waals surface area contributed by atoms with Gasteiger partial charge in [0.1, 0.15) is 5.82 Å². The SMILES string of the molecule is O=C1CCc2c(F)c(F)cc(F)c21. The van der Waals surface area contributed by atoms with Crippen LogP contribution >= 0.6 is 0 Å². The first-order valence-electron chi connectivity index (χ1n) is 3.81. The highest BCUT2D eigenvalue weighted by atomic mass is 19.2. The van der Waals surface area contributed by atoms with Crippen LogP contribution < -0.4 is 0 Å². The average Bonchev–Trinajstić information content (AvgIpc) is 2.44. The molecule has 0 aliphatic heterocycles. The van der Waals surface area contributed by atoms with E-state index in [4.69, 9.17) is 0 Å². The molecule has 0 aromatic heterocycles. The molecule has 0 amide bonds. The molecule has 0 heterocycles. The molecular formula is C9H5F3O. The summed E-state index contributed by atoms with van der Waals surface area (Å²) in [6.45, 7) is 0. The molecule has 1 nitrogen and oxygen atoms in total. The summed E-state index contributed by atoms with van der Waals surface area (Å²) in [5.74, 6) is -3.74. The Labute approximate surface area is 72.2 Å². The first-order valence-corrected chi connectivity index (χ1v) is 3.81. The highest BCUT2D eigenvalue weighted by Gasteiger charge is 2.28. The number of halogens is 3. The fourth-order valence-electron chi connectivity index (χ4n) is 1.54. The highest BCUT2D eigenvalue weighted by Crippen LogP contribution is 2.28. The van der Waals surface area contributed by atoms with Gasteiger partial charge in [0, 0.05) is 18.1 Å². The van der Waals surface area contributed by atoms with Crippen molar-refractivity contribution >= 4 is 5.78 Å². The van der Waals surface area contributed by atoms with Crippen LogP contribution in [0.15, 0.2) is 6.07 Å². The van der Waals surface area contributed by atoms with Crippen molar-refractivity contribution in [2.24, 2.45) is 0 Å². The molecule has 0 atom stereocenters. The summed E-state index contributed by atoms with van der Waals surface area (Å²) in [6.07, 6.45) is 0.154. The number of hydrogen-bond donors (Lipinski definition) is 0. The molecule has 2 rings (SSSR count). The zero-order chi connectivity index (χ0) is 9.59. The van der Waals surface area contributed by atoms with Crippen LogP contribution in [0.25, 0.3) is 0 Å². The molecule has 1 aliphatic carbocycles. The molecule has 13 heavy (non-hydrogen) atoms. The van der Waals surface area contributed by atoms with Crippen molar-refractivity contribution < 1.29 is 18.0 Å². The van der Waals surface area contributed by atoms with E-state index in [0.717, 1.165) is 0 Å². The molecule has 4 heteroatoms. The number of carbonyl (C=O) groups excluding carboxylic acids is 1. The van der Waals surface area contributed by atoms with Crippen molar-refractivity contribution in [2.75, 3.05) is 0 Å². The maximum Gasteiger partial charge on any atom is 0.166 e. The lowest BCUT2D eigenvalue weighted by atomic mass is 10.1. The first kappa shape index (κ1) is 8.29. The van der Waals surface area contributed by atoms with Crippen LogP contribution in [0.3, 0.4) is 0 Å². The van der Waals surface area contributed by atoms with Gasteiger partial charge >= 0.3 is 0 Å². The smallest absolute Gasteiger partial charge is 0.166 e. The van der Waals surface area contributed by atoms with Crippen molar-refractivity contribution in [1.82, 2.24) is 0 Å². The normalized spacial score (nSPS) is 14.8. The standard InChI is InChI=1S/C9H5F3O/c10-5-3-6(11)9(12)4-1-2-7(13)8(4)5/h3H,1-2H2. The van der Waals surface area contributed by atoms with E-state index in [1.807, 2.05) is 0 Å². The van der Waals surface area contributed by atoms with Crippen LogP contribution in [-0.4, -0.2) is 5.78 Å². The molecule has 1 aromatic carbocycles. The van der Waals surface area contributed by atoms with Crippen LogP contribution in [0.5, 0.6) is 0 Å². The van der Waals surface area contributed by atoms with E-state index >= 15 is 0 Å². The minimum Gasteiger partial charge on any atom is -0.294 e. The van der Waals surface area contributed by atoms with Crippen molar-refractivity contribution in [3.63, 3.8) is 0 Å². The molecule has 0 radical (unpaired) electrons. The molecule has 1 aromatic rings. The van der Waals surface area contributed by atoms with Crippen molar-refractivity contribution in [3.8, 4) is 0 Å². The van der Waals surface area contributed by atoms with Gasteiger partial charge in [0.2, 0.25) is 0 Å². The van der Waals surface area contributed by atoms with Gasteiger partial charge in [0.25, 0.3) is 0 Å². The number of benzene rings is 1. The van der Waals surface area contributed by atoms with Gasteiger partial charge < -0.3 is 0 Å². The van der Waals surface area contributed by atoms with Crippen molar-refractivity contribution in [1.29, 1.82) is 0 Å². The lowest BCUT2D eigenvalue weighted by Crippen LogP contribution is -2.01. The lowest BCUT2D eigenvalue weighted by molar-refractivity contribution is 0.0991. The van der Waals surface area contributed by atoms with Gasteiger partial charge in [-0.1, -0.05) is 0 Å². The molecule has 1 aliphatic rings. The topological polar surface area (TPSA) is 17.1 Å². The van der Waals surface area contributed by atoms with E-state index < -0.39 is 23.2 Å². The number of hydrogen-bond acceptors (Lipinski definition) is 1. The Kier molecular flexibility index (Phi) is 1.65. The van der Waals surface area contributed by atoms with Crippen LogP contribution in [0, 0.1) is 17.5 Å². The average molecular weight is 186 g/mol. The molecule has 0 unspecified atom stereocenters. The minimum absolute atomic E-state index is 0.0621. The maximum absolute atomic E-state index is 13.0. The fourth-order valence-corrected chi connectivity index (χ4v) is 1.54. The van der Waals surface area contributed by atoms with Gasteiger partial charge in [-0.15, -0.1) is 0 Å². The summed E-state index contributed by atoms with van der Waals surface area (Å²) >= 11 is 0. The number of fused-ring (bicyclic) bond motifs is 1. The molecule has 0 saturated carbocycles. The lowest BCUT2D eigenvalue weighted by Gasteiger charge is -2.01. The van der Waals surface area contributed by atoms with Gasteiger partial charge in [0.15, 0.2) is 17.4 Å². The Balaban J connectivity index is 2.76. The quantitative estimate of drug-likeness (QED) is 0.568. The number of rotatable bonds is 0. The largest absolute Gasteiger partial charge is 0.294 e. The highest BCUT2D eigenvalue weighted by molar-refractivity contribution is 6.00. The van der Waals surface area contributed by atoms with Crippen LogP contribution in [0.4, 0.5) is 13.2 Å². The molecule has 0 N–H and O–H groups in total. The third-order valence-electron chi connectivity index (χ3n) is 2.15. The van der Waals surface area contributed by atoms with Gasteiger partial charge in [-0.3, -0.25) is 4.79 Å². The second-order valence-electron chi connectivity index (χ2n) is 2.93. The summed E-state index contributed by atoms with van der Waals surface area (Å²) in [4.78, 5) is 11.0. The molecule has 0 saturated heterocycles. The Morgan fingerprint density at radius 3 is 2.46 bits per heavy atom. The van der Waals surface area contributed by atoms with Gasteiger partial charge in [0.05, 0.1) is 5.56 Å². The molecule has 68 valence electrons. The minimum atomic E-state index is -1.23. The monoisotopic (exact) mass is 186 g/mol. The van der Waals surface area contributed by atoms with Crippen LogP contribution in [0.1, 0.15) is 22.3 Å². The summed E-state index contributed by atoms with van der Waals surface area (Å²) in [6, 6.07) is 0.414. The van der Waals surface area contributed by atoms with Crippen LogP contribution in [-0.2, 0) is 6.42 Å². The van der Waals surface area contributed by atoms with E-state index in [1.54, 1.807) is 0 Å². The molecule has 0 bridgehead atoms. The Morgan fingerprint density at radius 2 is 1.77 bits per heavy atom. The van der Waals surface area contributed by atoms with Gasteiger partial charge in [-0.25, -0.2) is 13.2 Å². The number of carbonyl (C=O) groups is 1. The van der Waals surface area contributed by atoms with Crippen molar-refractivity contribution in [3.05, 3.63) is 34.6 Å². The van der Waals surface area contributed by atoms with Crippen molar-refractivity contribution in [2.45, 2.75) is 12.8 Å². The summed E-state index contributed by atoms with van der Waals surface area (Å²) in [7, 11) is 0. The zero-order valence-corrected chi connectivity index (χ0v) is 6.53. The van der Waals surface area contributed by atoms with E-state index in [1.165, 1.54) is 0 Å². The second-order valence-corrected chi connectivity index (χ2v) is 2.93. The van der Waals surface area contributed by atoms with Crippen LogP contribution in [0.2, 0.25) is 0 Å². The third-order valence-corrected chi connectivity index (χ3v) is 2.15.